The molecule has 1 N–H and O–H groups in total. The van der Waals surface area contributed by atoms with Crippen molar-refractivity contribution >= 4 is 32.6 Å². The van der Waals surface area contributed by atoms with Crippen molar-refractivity contribution < 1.29 is 14.3 Å². The number of rotatable bonds is 6. The number of amides is 1. The molecule has 0 spiro atoms. The molecule has 29 heavy (non-hydrogen) atoms. The number of ether oxygens (including phenoxy) is 2. The van der Waals surface area contributed by atoms with Gasteiger partial charge in [0, 0.05) is 19.1 Å². The summed E-state index contributed by atoms with van der Waals surface area (Å²) >= 11 is 1.71. The maximum atomic E-state index is 12.6. The number of nitrogens with zero attached hydrogens (tertiary/aromatic N) is 2. The first kappa shape index (κ1) is 19.5. The van der Waals surface area contributed by atoms with Gasteiger partial charge >= 0.3 is 0 Å². The average Bonchev–Trinajstić information content (AvgIpc) is 3.18. The molecule has 1 aliphatic rings. The van der Waals surface area contributed by atoms with Gasteiger partial charge in [-0.1, -0.05) is 29.5 Å². The summed E-state index contributed by atoms with van der Waals surface area (Å²) in [7, 11) is 3.20. The lowest BCUT2D eigenvalue weighted by Crippen LogP contribution is -2.48. The largest absolute Gasteiger partial charge is 0.493 e. The molecule has 2 heterocycles. The number of hydrogen-bond acceptors (Lipinski definition) is 6. The van der Waals surface area contributed by atoms with Gasteiger partial charge in [-0.3, -0.25) is 4.79 Å². The zero-order chi connectivity index (χ0) is 20.2. The fraction of sp³-hybridized carbons (Fsp3) is 0.364. The molecule has 7 heteroatoms. The number of anilines is 1. The number of piperidine rings is 1. The van der Waals surface area contributed by atoms with Gasteiger partial charge in [-0.2, -0.15) is 0 Å². The first-order valence-corrected chi connectivity index (χ1v) is 10.6. The Morgan fingerprint density at radius 2 is 2.03 bits per heavy atom. The zero-order valence-corrected chi connectivity index (χ0v) is 17.5. The summed E-state index contributed by atoms with van der Waals surface area (Å²) in [5, 5.41) is 4.22. The number of methoxy groups -OCH3 is 2. The highest BCUT2D eigenvalue weighted by Gasteiger charge is 2.23. The summed E-state index contributed by atoms with van der Waals surface area (Å²) in [5.74, 6) is 1.32. The normalized spacial score (nSPS) is 16.6. The summed E-state index contributed by atoms with van der Waals surface area (Å²) in [4.78, 5) is 19.7. The van der Waals surface area contributed by atoms with E-state index in [0.29, 0.717) is 17.9 Å². The summed E-state index contributed by atoms with van der Waals surface area (Å²) in [5.41, 5.74) is 1.94. The van der Waals surface area contributed by atoms with Crippen LogP contribution in [0.5, 0.6) is 11.5 Å². The lowest BCUT2D eigenvalue weighted by molar-refractivity contribution is -0.121. The fourth-order valence-corrected chi connectivity index (χ4v) is 4.72. The molecule has 4 rings (SSSR count). The van der Waals surface area contributed by atoms with E-state index >= 15 is 0 Å². The highest BCUT2D eigenvalue weighted by atomic mass is 32.1. The highest BCUT2D eigenvalue weighted by molar-refractivity contribution is 7.22. The first-order valence-electron chi connectivity index (χ1n) is 9.77. The van der Waals surface area contributed by atoms with Crippen molar-refractivity contribution in [3.63, 3.8) is 0 Å². The number of carbonyl (C=O) groups is 1. The van der Waals surface area contributed by atoms with E-state index in [1.54, 1.807) is 25.6 Å². The molecular formula is C22H25N3O3S. The van der Waals surface area contributed by atoms with Crippen LogP contribution in [0.3, 0.4) is 0 Å². The number of hydrogen-bond donors (Lipinski definition) is 1. The molecule has 0 unspecified atom stereocenters. The summed E-state index contributed by atoms with van der Waals surface area (Å²) < 4.78 is 11.8. The third kappa shape index (κ3) is 4.45. The molecule has 2 aromatic carbocycles. The van der Waals surface area contributed by atoms with Crippen LogP contribution in [0.2, 0.25) is 0 Å². The van der Waals surface area contributed by atoms with E-state index in [4.69, 9.17) is 14.5 Å². The predicted molar refractivity (Wildman–Crippen MR) is 116 cm³/mol. The Bertz CT molecular complexity index is 971. The molecule has 6 nitrogen and oxygen atoms in total. The SMILES string of the molecule is COc1ccc(CC(=O)N[C@@H]2CCCN(c3nc4ccccc4s3)C2)cc1OC. The Kier molecular flexibility index (Phi) is 5.85. The van der Waals surface area contributed by atoms with Crippen LogP contribution in [-0.2, 0) is 11.2 Å². The van der Waals surface area contributed by atoms with Gasteiger partial charge in [0.15, 0.2) is 16.6 Å². The van der Waals surface area contributed by atoms with Crippen LogP contribution in [-0.4, -0.2) is 44.2 Å². The van der Waals surface area contributed by atoms with Gasteiger partial charge in [-0.25, -0.2) is 4.98 Å². The molecule has 1 fully saturated rings. The maximum Gasteiger partial charge on any atom is 0.224 e. The second kappa shape index (κ2) is 8.69. The Balaban J connectivity index is 1.38. The zero-order valence-electron chi connectivity index (χ0n) is 16.7. The first-order chi connectivity index (χ1) is 14.2. The molecule has 1 aromatic heterocycles. The highest BCUT2D eigenvalue weighted by Crippen LogP contribution is 2.30. The maximum absolute atomic E-state index is 12.6. The molecule has 1 atom stereocenters. The van der Waals surface area contributed by atoms with Crippen LogP contribution in [0, 0.1) is 0 Å². The number of nitrogens with one attached hydrogen (secondary N) is 1. The molecule has 3 aromatic rings. The van der Waals surface area contributed by atoms with Gasteiger partial charge in [-0.15, -0.1) is 0 Å². The lowest BCUT2D eigenvalue weighted by atomic mass is 10.1. The number of carbonyl (C=O) groups excluding carboxylic acids is 1. The monoisotopic (exact) mass is 411 g/mol. The Morgan fingerprint density at radius 1 is 1.21 bits per heavy atom. The van der Waals surface area contributed by atoms with Crippen LogP contribution >= 0.6 is 11.3 Å². The molecule has 1 amide bonds. The van der Waals surface area contributed by atoms with Crippen LogP contribution in [0.25, 0.3) is 10.2 Å². The average molecular weight is 412 g/mol. The third-order valence-electron chi connectivity index (χ3n) is 5.15. The molecule has 1 aliphatic heterocycles. The lowest BCUT2D eigenvalue weighted by Gasteiger charge is -2.33. The summed E-state index contributed by atoms with van der Waals surface area (Å²) in [6.07, 6.45) is 2.34. The van der Waals surface area contributed by atoms with Crippen LogP contribution in [0.15, 0.2) is 42.5 Å². The van der Waals surface area contributed by atoms with E-state index in [1.165, 1.54) is 4.70 Å². The van der Waals surface area contributed by atoms with Crippen LogP contribution < -0.4 is 19.7 Å². The number of para-hydroxylation sites is 1. The van der Waals surface area contributed by atoms with Crippen LogP contribution in [0.1, 0.15) is 18.4 Å². The summed E-state index contributed by atoms with van der Waals surface area (Å²) in [6, 6.07) is 13.9. The Morgan fingerprint density at radius 3 is 2.83 bits per heavy atom. The number of thiazole rings is 1. The molecule has 1 saturated heterocycles. The van der Waals surface area contributed by atoms with E-state index in [9.17, 15) is 4.79 Å². The number of aromatic nitrogens is 1. The Hall–Kier alpha value is -2.80. The number of benzene rings is 2. The second-order valence-electron chi connectivity index (χ2n) is 7.18. The van der Waals surface area contributed by atoms with Crippen molar-refractivity contribution in [2.45, 2.75) is 25.3 Å². The molecular weight excluding hydrogens is 386 g/mol. The summed E-state index contributed by atoms with van der Waals surface area (Å²) in [6.45, 7) is 1.76. The van der Waals surface area contributed by atoms with E-state index < -0.39 is 0 Å². The van der Waals surface area contributed by atoms with Gasteiger partial charge in [0.1, 0.15) is 0 Å². The van der Waals surface area contributed by atoms with Crippen molar-refractivity contribution in [2.24, 2.45) is 0 Å². The van der Waals surface area contributed by atoms with Gasteiger partial charge in [0.2, 0.25) is 5.91 Å². The van der Waals surface area contributed by atoms with E-state index in [-0.39, 0.29) is 11.9 Å². The predicted octanol–water partition coefficient (Wildman–Crippen LogP) is 3.64. The van der Waals surface area contributed by atoms with Gasteiger partial charge < -0.3 is 19.7 Å². The van der Waals surface area contributed by atoms with E-state index in [1.807, 2.05) is 36.4 Å². The van der Waals surface area contributed by atoms with E-state index in [2.05, 4.69) is 16.3 Å². The fourth-order valence-electron chi connectivity index (χ4n) is 3.72. The second-order valence-corrected chi connectivity index (χ2v) is 8.19. The molecule has 152 valence electrons. The van der Waals surface area contributed by atoms with Crippen LogP contribution in [0.4, 0.5) is 5.13 Å². The quantitative estimate of drug-likeness (QED) is 0.671. The van der Waals surface area contributed by atoms with Crippen molar-refractivity contribution in [1.82, 2.24) is 10.3 Å². The number of fused-ring (bicyclic) bond motifs is 1. The van der Waals surface area contributed by atoms with Crippen molar-refractivity contribution in [2.75, 3.05) is 32.2 Å². The molecule has 0 saturated carbocycles. The van der Waals surface area contributed by atoms with Crippen molar-refractivity contribution in [3.05, 3.63) is 48.0 Å². The molecule has 0 aliphatic carbocycles. The standard InChI is InChI=1S/C22H25N3O3S/c1-27-18-10-9-15(12-19(18)28-2)13-21(26)23-16-6-5-11-25(14-16)22-24-17-7-3-4-8-20(17)29-22/h3-4,7-10,12,16H,5-6,11,13-14H2,1-2H3,(H,23,26)/t16-/m1/s1. The minimum Gasteiger partial charge on any atom is -0.493 e. The molecule has 0 radical (unpaired) electrons. The van der Waals surface area contributed by atoms with Crippen molar-refractivity contribution in [1.29, 1.82) is 0 Å². The van der Waals surface area contributed by atoms with Gasteiger partial charge in [-0.05, 0) is 42.7 Å². The minimum atomic E-state index is 0.0216. The van der Waals surface area contributed by atoms with Crippen molar-refractivity contribution in [3.8, 4) is 11.5 Å². The minimum absolute atomic E-state index is 0.0216. The van der Waals surface area contributed by atoms with Gasteiger partial charge in [0.25, 0.3) is 0 Å². The smallest absolute Gasteiger partial charge is 0.224 e. The topological polar surface area (TPSA) is 63.7 Å². The van der Waals surface area contributed by atoms with E-state index in [0.717, 1.165) is 42.1 Å². The Labute approximate surface area is 174 Å². The third-order valence-corrected chi connectivity index (χ3v) is 6.25. The van der Waals surface area contributed by atoms with Gasteiger partial charge in [0.05, 0.1) is 30.9 Å². The molecule has 0 bridgehead atoms.